The first-order chi connectivity index (χ1) is 10.2. The van der Waals surface area contributed by atoms with Crippen molar-refractivity contribution in [2.24, 2.45) is 0 Å². The van der Waals surface area contributed by atoms with Crippen LogP contribution in [0.15, 0.2) is 54.6 Å². The van der Waals surface area contributed by atoms with E-state index in [9.17, 15) is 0 Å². The minimum absolute atomic E-state index is 0.826. The van der Waals surface area contributed by atoms with Crippen LogP contribution in [-0.4, -0.2) is 7.11 Å². The fourth-order valence-electron chi connectivity index (χ4n) is 2.41. The molecule has 21 heavy (non-hydrogen) atoms. The van der Waals surface area contributed by atoms with Crippen LogP contribution in [0.1, 0.15) is 5.56 Å². The molecule has 0 aliphatic heterocycles. The van der Waals surface area contributed by atoms with Crippen LogP contribution in [0, 0.1) is 6.92 Å². The molecule has 4 heteroatoms. The van der Waals surface area contributed by atoms with Crippen LogP contribution in [0.5, 0.6) is 5.75 Å². The number of hydrogen-bond donors (Lipinski definition) is 0. The molecule has 3 aromatic rings. The SMILES string of the molecule is COc1ccc(-c2cccc3[cH-]c(C)cc23)cc1.[Cl][Zr][Cl]. The molecule has 1 nitrogen and oxygen atoms in total. The molecule has 0 atom stereocenters. The van der Waals surface area contributed by atoms with Gasteiger partial charge in [-0.2, -0.15) is 6.07 Å². The van der Waals surface area contributed by atoms with E-state index in [0.29, 0.717) is 0 Å². The number of methoxy groups -OCH3 is 1. The molecule has 3 rings (SSSR count). The number of fused-ring (bicyclic) bond motifs is 1. The third-order valence-electron chi connectivity index (χ3n) is 3.30. The Morgan fingerprint density at radius 3 is 2.33 bits per heavy atom. The second-order valence-corrected chi connectivity index (χ2v) is 8.37. The second-order valence-electron chi connectivity index (χ2n) is 4.64. The Kier molecular flexibility index (Phi) is 6.42. The second kappa shape index (κ2) is 8.08. The number of rotatable bonds is 2. The molecule has 0 saturated heterocycles. The van der Waals surface area contributed by atoms with Crippen LogP contribution < -0.4 is 4.74 Å². The van der Waals surface area contributed by atoms with E-state index in [4.69, 9.17) is 21.8 Å². The molecule has 0 amide bonds. The van der Waals surface area contributed by atoms with Crippen molar-refractivity contribution in [1.82, 2.24) is 0 Å². The average Bonchev–Trinajstić information content (AvgIpc) is 2.88. The Morgan fingerprint density at radius 2 is 1.71 bits per heavy atom. The standard InChI is InChI=1S/C17H15O.2ClH.Zr/c1-12-10-14-4-3-5-16(17(14)11-12)13-6-8-15(18-2)9-7-13;;;/h3-11H,1-2H3;2*1H;/q-1;;;+2/p-2. The summed E-state index contributed by atoms with van der Waals surface area (Å²) in [5.41, 5.74) is 3.82. The van der Waals surface area contributed by atoms with Crippen molar-refractivity contribution in [3.8, 4) is 16.9 Å². The summed E-state index contributed by atoms with van der Waals surface area (Å²) in [7, 11) is 11.6. The van der Waals surface area contributed by atoms with Crippen LogP contribution in [0.3, 0.4) is 0 Å². The van der Waals surface area contributed by atoms with Crippen molar-refractivity contribution in [2.75, 3.05) is 7.11 Å². The molecular formula is C17H15Cl2OZr-. The van der Waals surface area contributed by atoms with Crippen LogP contribution in [0.25, 0.3) is 21.9 Å². The molecular weight excluding hydrogens is 382 g/mol. The van der Waals surface area contributed by atoms with Gasteiger partial charge in [0, 0.05) is 0 Å². The fraction of sp³-hybridized carbons (Fsp3) is 0.118. The van der Waals surface area contributed by atoms with Gasteiger partial charge in [-0.05, 0) is 17.7 Å². The molecule has 0 fully saturated rings. The molecule has 0 unspecified atom stereocenters. The van der Waals surface area contributed by atoms with E-state index >= 15 is 0 Å². The third-order valence-corrected chi connectivity index (χ3v) is 3.30. The monoisotopic (exact) mass is 395 g/mol. The maximum absolute atomic E-state index is 5.20. The number of aryl methyl sites for hydroxylation is 1. The van der Waals surface area contributed by atoms with Gasteiger partial charge in [0.2, 0.25) is 0 Å². The van der Waals surface area contributed by atoms with Crippen LogP contribution >= 0.6 is 17.0 Å². The van der Waals surface area contributed by atoms with Gasteiger partial charge < -0.3 is 4.74 Å². The van der Waals surface area contributed by atoms with Gasteiger partial charge in [0.05, 0.1) is 7.11 Å². The predicted octanol–water partition coefficient (Wildman–Crippen LogP) is 5.92. The molecule has 0 N–H and O–H groups in total. The molecule has 0 radical (unpaired) electrons. The number of ether oxygens (including phenoxy) is 1. The van der Waals surface area contributed by atoms with Crippen molar-refractivity contribution in [3.63, 3.8) is 0 Å². The summed E-state index contributed by atoms with van der Waals surface area (Å²) in [6.45, 7) is 2.14. The van der Waals surface area contributed by atoms with Gasteiger partial charge in [0.25, 0.3) is 0 Å². The van der Waals surface area contributed by atoms with Crippen molar-refractivity contribution in [2.45, 2.75) is 6.92 Å². The van der Waals surface area contributed by atoms with E-state index in [2.05, 4.69) is 49.4 Å². The van der Waals surface area contributed by atoms with Gasteiger partial charge >= 0.3 is 37.9 Å². The van der Waals surface area contributed by atoms with Gasteiger partial charge in [-0.25, -0.2) is 0 Å². The summed E-state index contributed by atoms with van der Waals surface area (Å²) in [6.07, 6.45) is 0. The molecule has 108 valence electrons. The van der Waals surface area contributed by atoms with E-state index in [1.54, 1.807) is 7.11 Å². The zero-order chi connectivity index (χ0) is 15.2. The summed E-state index contributed by atoms with van der Waals surface area (Å²) in [6, 6.07) is 19.1. The van der Waals surface area contributed by atoms with Gasteiger partial charge in [-0.3, -0.25) is 0 Å². The molecule has 0 aliphatic carbocycles. The minimum atomic E-state index is -0.826. The van der Waals surface area contributed by atoms with E-state index < -0.39 is 20.8 Å². The third kappa shape index (κ3) is 4.16. The zero-order valence-electron chi connectivity index (χ0n) is 11.9. The van der Waals surface area contributed by atoms with E-state index in [1.165, 1.54) is 27.5 Å². The molecule has 0 saturated carbocycles. The molecule has 0 heterocycles. The van der Waals surface area contributed by atoms with E-state index in [1.807, 2.05) is 12.1 Å². The summed E-state index contributed by atoms with van der Waals surface area (Å²) in [5, 5.41) is 2.63. The summed E-state index contributed by atoms with van der Waals surface area (Å²) in [4.78, 5) is 0. The van der Waals surface area contributed by atoms with Gasteiger partial charge in [-0.1, -0.05) is 30.7 Å². The van der Waals surface area contributed by atoms with E-state index in [0.717, 1.165) is 5.75 Å². The summed E-state index contributed by atoms with van der Waals surface area (Å²) in [5.74, 6) is 0.893. The quantitative estimate of drug-likeness (QED) is 0.488. The number of halogens is 2. The fourth-order valence-corrected chi connectivity index (χ4v) is 2.41. The Morgan fingerprint density at radius 1 is 1.05 bits per heavy atom. The van der Waals surface area contributed by atoms with Crippen molar-refractivity contribution in [1.29, 1.82) is 0 Å². The van der Waals surface area contributed by atoms with E-state index in [-0.39, 0.29) is 0 Å². The van der Waals surface area contributed by atoms with Crippen LogP contribution in [-0.2, 0) is 20.8 Å². The average molecular weight is 397 g/mol. The van der Waals surface area contributed by atoms with Gasteiger partial charge in [0.15, 0.2) is 0 Å². The number of benzene rings is 2. The molecule has 0 bridgehead atoms. The Bertz CT molecular complexity index is 704. The number of hydrogen-bond acceptors (Lipinski definition) is 1. The Hall–Kier alpha value is -0.687. The molecule has 0 aliphatic rings. The van der Waals surface area contributed by atoms with Crippen LogP contribution in [0.4, 0.5) is 0 Å². The van der Waals surface area contributed by atoms with Gasteiger partial charge in [-0.15, -0.1) is 34.5 Å². The topological polar surface area (TPSA) is 9.23 Å². The van der Waals surface area contributed by atoms with Gasteiger partial charge in [0.1, 0.15) is 5.75 Å². The van der Waals surface area contributed by atoms with Crippen molar-refractivity contribution < 1.29 is 25.6 Å². The Labute approximate surface area is 143 Å². The molecule has 3 aromatic carbocycles. The Balaban J connectivity index is 0.000000497. The summed E-state index contributed by atoms with van der Waals surface area (Å²) < 4.78 is 5.20. The first-order valence-electron chi connectivity index (χ1n) is 6.46. The first kappa shape index (κ1) is 16.7. The van der Waals surface area contributed by atoms with Crippen LogP contribution in [0.2, 0.25) is 0 Å². The first-order valence-corrected chi connectivity index (χ1v) is 12.8. The predicted molar refractivity (Wildman–Crippen MR) is 88.0 cm³/mol. The normalized spacial score (nSPS) is 9.90. The maximum atomic E-state index is 5.20. The van der Waals surface area contributed by atoms with Crippen molar-refractivity contribution >= 4 is 27.8 Å². The zero-order valence-corrected chi connectivity index (χ0v) is 15.8. The summed E-state index contributed by atoms with van der Waals surface area (Å²) >= 11 is -0.826. The molecule has 0 spiro atoms. The van der Waals surface area contributed by atoms with Crippen molar-refractivity contribution in [3.05, 3.63) is 60.2 Å². The molecule has 0 aromatic heterocycles.